The van der Waals surface area contributed by atoms with Gasteiger partial charge in [-0.2, -0.15) is 0 Å². The Hall–Kier alpha value is -0.640. The number of nitrogens with one attached hydrogen (secondary N) is 1. The van der Waals surface area contributed by atoms with Gasteiger partial charge in [-0.1, -0.05) is 38.1 Å². The average molecular weight is 338 g/mol. The first kappa shape index (κ1) is 14.8. The zero-order chi connectivity index (χ0) is 14.0. The van der Waals surface area contributed by atoms with Crippen molar-refractivity contribution >= 4 is 27.3 Å². The van der Waals surface area contributed by atoms with Gasteiger partial charge in [0, 0.05) is 14.2 Å². The maximum absolute atomic E-state index is 3.60. The van der Waals surface area contributed by atoms with E-state index in [-0.39, 0.29) is 6.04 Å². The minimum Gasteiger partial charge on any atom is -0.309 e. The van der Waals surface area contributed by atoms with E-state index in [1.807, 2.05) is 18.4 Å². The van der Waals surface area contributed by atoms with Crippen LogP contribution >= 0.6 is 27.3 Å². The lowest BCUT2D eigenvalue weighted by Crippen LogP contribution is -2.16. The zero-order valence-corrected chi connectivity index (χ0v) is 14.2. The lowest BCUT2D eigenvalue weighted by Gasteiger charge is -2.16. The first-order valence-electron chi connectivity index (χ1n) is 6.56. The second-order valence-electron chi connectivity index (χ2n) is 5.10. The number of benzene rings is 1. The Labute approximate surface area is 128 Å². The topological polar surface area (TPSA) is 12.0 Å². The van der Waals surface area contributed by atoms with Crippen LogP contribution in [-0.2, 0) is 0 Å². The number of hydrogen-bond donors (Lipinski definition) is 1. The van der Waals surface area contributed by atoms with Gasteiger partial charge in [-0.15, -0.1) is 11.3 Å². The van der Waals surface area contributed by atoms with Crippen molar-refractivity contribution in [3.63, 3.8) is 0 Å². The van der Waals surface area contributed by atoms with E-state index in [9.17, 15) is 0 Å². The largest absolute Gasteiger partial charge is 0.309 e. The van der Waals surface area contributed by atoms with Crippen LogP contribution in [0.25, 0.3) is 0 Å². The van der Waals surface area contributed by atoms with E-state index in [2.05, 4.69) is 72.3 Å². The quantitative estimate of drug-likeness (QED) is 0.803. The fourth-order valence-corrected chi connectivity index (χ4v) is 3.87. The number of thiophene rings is 1. The molecule has 0 bridgehead atoms. The highest BCUT2D eigenvalue weighted by molar-refractivity contribution is 9.10. The predicted octanol–water partition coefficient (Wildman–Crippen LogP) is 5.25. The van der Waals surface area contributed by atoms with Crippen LogP contribution in [0.2, 0.25) is 0 Å². The normalized spacial score (nSPS) is 12.9. The third-order valence-corrected chi connectivity index (χ3v) is 5.59. The molecule has 2 aromatic rings. The molecule has 1 atom stereocenters. The van der Waals surface area contributed by atoms with Crippen molar-refractivity contribution in [3.8, 4) is 0 Å². The Morgan fingerprint density at radius 1 is 1.11 bits per heavy atom. The molecule has 3 heteroatoms. The number of hydrogen-bond acceptors (Lipinski definition) is 2. The van der Waals surface area contributed by atoms with E-state index in [0.717, 1.165) is 0 Å². The first-order valence-corrected chi connectivity index (χ1v) is 8.16. The molecule has 1 N–H and O–H groups in total. The average Bonchev–Trinajstić information content (AvgIpc) is 2.71. The highest BCUT2D eigenvalue weighted by Crippen LogP contribution is 2.33. The third kappa shape index (κ3) is 3.28. The van der Waals surface area contributed by atoms with Gasteiger partial charge in [0.1, 0.15) is 0 Å². The van der Waals surface area contributed by atoms with Crippen molar-refractivity contribution in [2.45, 2.75) is 32.7 Å². The highest BCUT2D eigenvalue weighted by Gasteiger charge is 2.15. The Morgan fingerprint density at radius 3 is 2.11 bits per heavy atom. The van der Waals surface area contributed by atoms with Crippen molar-refractivity contribution in [2.75, 3.05) is 7.05 Å². The molecule has 1 unspecified atom stereocenters. The molecule has 0 fully saturated rings. The van der Waals surface area contributed by atoms with Gasteiger partial charge < -0.3 is 5.32 Å². The van der Waals surface area contributed by atoms with E-state index in [1.54, 1.807) is 0 Å². The van der Waals surface area contributed by atoms with Crippen molar-refractivity contribution in [2.24, 2.45) is 0 Å². The Morgan fingerprint density at radius 2 is 1.68 bits per heavy atom. The molecule has 1 heterocycles. The van der Waals surface area contributed by atoms with E-state index in [0.29, 0.717) is 5.92 Å². The van der Waals surface area contributed by atoms with Gasteiger partial charge in [-0.25, -0.2) is 0 Å². The van der Waals surface area contributed by atoms with Gasteiger partial charge in [-0.3, -0.25) is 0 Å². The standard InChI is InChI=1S/C16H20BrNS/c1-10(2)12-5-7-13(8-6-12)16(18-4)15-9-14(17)11(3)19-15/h5-10,16,18H,1-4H3. The van der Waals surface area contributed by atoms with Crippen LogP contribution in [0.3, 0.4) is 0 Å². The van der Waals surface area contributed by atoms with Crippen LogP contribution < -0.4 is 5.32 Å². The van der Waals surface area contributed by atoms with E-state index in [1.165, 1.54) is 25.4 Å². The summed E-state index contributed by atoms with van der Waals surface area (Å²) in [6, 6.07) is 11.4. The molecule has 1 aromatic carbocycles. The van der Waals surface area contributed by atoms with Crippen molar-refractivity contribution in [3.05, 3.63) is 55.7 Å². The van der Waals surface area contributed by atoms with Gasteiger partial charge in [0.2, 0.25) is 0 Å². The predicted molar refractivity (Wildman–Crippen MR) is 88.2 cm³/mol. The summed E-state index contributed by atoms with van der Waals surface area (Å²) in [5, 5.41) is 3.41. The van der Waals surface area contributed by atoms with Crippen molar-refractivity contribution < 1.29 is 0 Å². The van der Waals surface area contributed by atoms with Gasteiger partial charge >= 0.3 is 0 Å². The maximum Gasteiger partial charge on any atom is 0.0669 e. The summed E-state index contributed by atoms with van der Waals surface area (Å²) in [7, 11) is 2.02. The second kappa shape index (κ2) is 6.21. The van der Waals surface area contributed by atoms with Gasteiger partial charge in [0.25, 0.3) is 0 Å². The molecule has 0 spiro atoms. The fourth-order valence-electron chi connectivity index (χ4n) is 2.17. The summed E-state index contributed by atoms with van der Waals surface area (Å²) in [6.07, 6.45) is 0. The van der Waals surface area contributed by atoms with Crippen molar-refractivity contribution in [1.29, 1.82) is 0 Å². The van der Waals surface area contributed by atoms with Crippen LogP contribution in [0.4, 0.5) is 0 Å². The molecule has 0 radical (unpaired) electrons. The summed E-state index contributed by atoms with van der Waals surface area (Å²) in [6.45, 7) is 6.60. The highest BCUT2D eigenvalue weighted by atomic mass is 79.9. The monoisotopic (exact) mass is 337 g/mol. The number of halogens is 1. The van der Waals surface area contributed by atoms with Gasteiger partial charge in [0.15, 0.2) is 0 Å². The molecule has 0 saturated carbocycles. The Bertz CT molecular complexity index is 523. The van der Waals surface area contributed by atoms with Crippen LogP contribution in [0.15, 0.2) is 34.8 Å². The summed E-state index contributed by atoms with van der Waals surface area (Å²) in [5.74, 6) is 0.584. The smallest absolute Gasteiger partial charge is 0.0669 e. The molecular formula is C16H20BrNS. The van der Waals surface area contributed by atoms with E-state index < -0.39 is 0 Å². The molecule has 19 heavy (non-hydrogen) atoms. The van der Waals surface area contributed by atoms with Crippen LogP contribution in [0.5, 0.6) is 0 Å². The molecule has 1 nitrogen and oxygen atoms in total. The molecule has 1 aromatic heterocycles. The molecule has 0 aliphatic rings. The van der Waals surface area contributed by atoms with E-state index >= 15 is 0 Å². The number of aryl methyl sites for hydroxylation is 1. The van der Waals surface area contributed by atoms with Crippen LogP contribution in [-0.4, -0.2) is 7.05 Å². The third-order valence-electron chi connectivity index (χ3n) is 3.39. The van der Waals surface area contributed by atoms with Crippen molar-refractivity contribution in [1.82, 2.24) is 5.32 Å². The lowest BCUT2D eigenvalue weighted by molar-refractivity contribution is 0.702. The Balaban J connectivity index is 2.31. The fraction of sp³-hybridized carbons (Fsp3) is 0.375. The number of rotatable bonds is 4. The molecule has 102 valence electrons. The summed E-state index contributed by atoms with van der Waals surface area (Å²) in [5.41, 5.74) is 2.71. The second-order valence-corrected chi connectivity index (χ2v) is 7.24. The molecular weight excluding hydrogens is 318 g/mol. The van der Waals surface area contributed by atoms with E-state index in [4.69, 9.17) is 0 Å². The molecule has 0 amide bonds. The lowest BCUT2D eigenvalue weighted by atomic mass is 9.98. The minimum absolute atomic E-state index is 0.274. The molecule has 0 saturated heterocycles. The van der Waals surface area contributed by atoms with Gasteiger partial charge in [0.05, 0.1) is 6.04 Å². The molecule has 0 aliphatic heterocycles. The summed E-state index contributed by atoms with van der Waals surface area (Å²) >= 11 is 5.44. The minimum atomic E-state index is 0.274. The molecule has 2 rings (SSSR count). The summed E-state index contributed by atoms with van der Waals surface area (Å²) in [4.78, 5) is 2.68. The SMILES string of the molecule is CNC(c1ccc(C(C)C)cc1)c1cc(Br)c(C)s1. The summed E-state index contributed by atoms with van der Waals surface area (Å²) < 4.78 is 1.20. The maximum atomic E-state index is 3.60. The first-order chi connectivity index (χ1) is 9.02. The van der Waals surface area contributed by atoms with Crippen LogP contribution in [0.1, 0.15) is 46.7 Å². The van der Waals surface area contributed by atoms with Gasteiger partial charge in [-0.05, 0) is 53.0 Å². The van der Waals surface area contributed by atoms with Crippen LogP contribution in [0, 0.1) is 6.92 Å². The Kier molecular flexibility index (Phi) is 4.82. The molecule has 0 aliphatic carbocycles. The zero-order valence-electron chi connectivity index (χ0n) is 11.8.